The summed E-state index contributed by atoms with van der Waals surface area (Å²) in [6.45, 7) is 3.76. The monoisotopic (exact) mass is 296 g/mol. The standard InChI is InChI=1S/C16H28N2O3/c19-16(12-21-14-6-2-1-3-7-14)17-9-15-10-18-8-4-5-13(18)11-20-15/h13-15H,1-12H2,(H,17,19)/t13-,15-/m0/s1. The van der Waals surface area contributed by atoms with E-state index in [2.05, 4.69) is 10.2 Å². The fraction of sp³-hybridized carbons (Fsp3) is 0.938. The second kappa shape index (κ2) is 7.56. The van der Waals surface area contributed by atoms with Crippen LogP contribution in [0.3, 0.4) is 0 Å². The van der Waals surface area contributed by atoms with E-state index in [1.54, 1.807) is 0 Å². The summed E-state index contributed by atoms with van der Waals surface area (Å²) in [5.74, 6) is -0.00674. The molecule has 0 aromatic rings. The number of carbonyl (C=O) groups excluding carboxylic acids is 1. The molecule has 0 spiro atoms. The van der Waals surface area contributed by atoms with Gasteiger partial charge in [0.15, 0.2) is 0 Å². The number of rotatable bonds is 5. The minimum absolute atomic E-state index is 0.00674. The van der Waals surface area contributed by atoms with Crippen molar-refractivity contribution in [3.8, 4) is 0 Å². The van der Waals surface area contributed by atoms with Gasteiger partial charge in [0.2, 0.25) is 5.91 Å². The smallest absolute Gasteiger partial charge is 0.246 e. The van der Waals surface area contributed by atoms with Crippen LogP contribution in [0.15, 0.2) is 0 Å². The lowest BCUT2D eigenvalue weighted by molar-refractivity contribution is -0.129. The fourth-order valence-corrected chi connectivity index (χ4v) is 3.71. The number of ether oxygens (including phenoxy) is 2. The Bertz CT molecular complexity index is 344. The Morgan fingerprint density at radius 3 is 2.90 bits per heavy atom. The molecule has 2 saturated heterocycles. The second-order valence-electron chi connectivity index (χ2n) is 6.62. The molecule has 0 aromatic carbocycles. The second-order valence-corrected chi connectivity index (χ2v) is 6.62. The summed E-state index contributed by atoms with van der Waals surface area (Å²) in [4.78, 5) is 14.3. The molecule has 3 fully saturated rings. The Balaban J connectivity index is 1.30. The summed E-state index contributed by atoms with van der Waals surface area (Å²) in [6.07, 6.45) is 8.96. The predicted molar refractivity (Wildman–Crippen MR) is 80.2 cm³/mol. The Kier molecular flexibility index (Phi) is 5.49. The molecule has 0 bridgehead atoms. The molecular formula is C16H28N2O3. The van der Waals surface area contributed by atoms with E-state index in [0.29, 0.717) is 18.7 Å². The molecule has 2 heterocycles. The van der Waals surface area contributed by atoms with Gasteiger partial charge in [0.25, 0.3) is 0 Å². The zero-order valence-electron chi connectivity index (χ0n) is 12.9. The van der Waals surface area contributed by atoms with Crippen molar-refractivity contribution in [3.05, 3.63) is 0 Å². The van der Waals surface area contributed by atoms with Crippen LogP contribution in [-0.4, -0.2) is 61.9 Å². The maximum atomic E-state index is 11.9. The molecule has 1 amide bonds. The van der Waals surface area contributed by atoms with Gasteiger partial charge >= 0.3 is 0 Å². The van der Waals surface area contributed by atoms with Crippen LogP contribution in [-0.2, 0) is 14.3 Å². The number of carbonyl (C=O) groups is 1. The summed E-state index contributed by atoms with van der Waals surface area (Å²) in [5, 5.41) is 2.96. The van der Waals surface area contributed by atoms with E-state index in [4.69, 9.17) is 9.47 Å². The largest absolute Gasteiger partial charge is 0.373 e. The van der Waals surface area contributed by atoms with Gasteiger partial charge in [0.05, 0.1) is 18.8 Å². The molecule has 2 aliphatic heterocycles. The van der Waals surface area contributed by atoms with Gasteiger partial charge in [-0.05, 0) is 32.2 Å². The van der Waals surface area contributed by atoms with Gasteiger partial charge in [-0.2, -0.15) is 0 Å². The van der Waals surface area contributed by atoms with Crippen LogP contribution in [0.4, 0.5) is 0 Å². The molecule has 0 radical (unpaired) electrons. The van der Waals surface area contributed by atoms with Crippen molar-refractivity contribution in [1.29, 1.82) is 0 Å². The summed E-state index contributed by atoms with van der Waals surface area (Å²) >= 11 is 0. The maximum Gasteiger partial charge on any atom is 0.246 e. The molecule has 5 heteroatoms. The lowest BCUT2D eigenvalue weighted by Crippen LogP contribution is -2.50. The number of hydrogen-bond donors (Lipinski definition) is 1. The van der Waals surface area contributed by atoms with E-state index in [-0.39, 0.29) is 18.6 Å². The highest BCUT2D eigenvalue weighted by atomic mass is 16.5. The first-order valence-corrected chi connectivity index (χ1v) is 8.55. The third-order valence-electron chi connectivity index (χ3n) is 4.99. The summed E-state index contributed by atoms with van der Waals surface area (Å²) in [5.41, 5.74) is 0. The molecule has 0 unspecified atom stereocenters. The van der Waals surface area contributed by atoms with Crippen molar-refractivity contribution in [1.82, 2.24) is 10.2 Å². The van der Waals surface area contributed by atoms with E-state index in [9.17, 15) is 4.79 Å². The predicted octanol–water partition coefficient (Wildman–Crippen LogP) is 1.32. The van der Waals surface area contributed by atoms with Crippen LogP contribution in [0, 0.1) is 0 Å². The van der Waals surface area contributed by atoms with Crippen molar-refractivity contribution < 1.29 is 14.3 Å². The van der Waals surface area contributed by atoms with Gasteiger partial charge in [-0.1, -0.05) is 19.3 Å². The van der Waals surface area contributed by atoms with Gasteiger partial charge in [0, 0.05) is 19.1 Å². The summed E-state index contributed by atoms with van der Waals surface area (Å²) in [6, 6.07) is 0.617. The number of morpholine rings is 1. The number of amides is 1. The fourth-order valence-electron chi connectivity index (χ4n) is 3.71. The SMILES string of the molecule is O=C(COC1CCCCC1)NC[C@H]1CN2CCC[C@H]2CO1. The molecule has 21 heavy (non-hydrogen) atoms. The van der Waals surface area contributed by atoms with E-state index in [0.717, 1.165) is 26.0 Å². The Labute approximate surface area is 127 Å². The zero-order valence-corrected chi connectivity index (χ0v) is 12.9. The van der Waals surface area contributed by atoms with Gasteiger partial charge < -0.3 is 14.8 Å². The summed E-state index contributed by atoms with van der Waals surface area (Å²) < 4.78 is 11.5. The van der Waals surface area contributed by atoms with Crippen LogP contribution < -0.4 is 5.32 Å². The number of nitrogens with zero attached hydrogens (tertiary/aromatic N) is 1. The van der Waals surface area contributed by atoms with E-state index in [1.165, 1.54) is 38.6 Å². The Morgan fingerprint density at radius 2 is 2.05 bits per heavy atom. The topological polar surface area (TPSA) is 50.8 Å². The third kappa shape index (κ3) is 4.41. The van der Waals surface area contributed by atoms with Crippen molar-refractivity contribution in [2.45, 2.75) is 63.2 Å². The third-order valence-corrected chi connectivity index (χ3v) is 4.99. The van der Waals surface area contributed by atoms with E-state index < -0.39 is 0 Å². The van der Waals surface area contributed by atoms with Gasteiger partial charge in [-0.15, -0.1) is 0 Å². The molecule has 3 aliphatic rings. The normalized spacial score (nSPS) is 31.0. The van der Waals surface area contributed by atoms with E-state index >= 15 is 0 Å². The molecule has 2 atom stereocenters. The minimum Gasteiger partial charge on any atom is -0.373 e. The van der Waals surface area contributed by atoms with Gasteiger partial charge in [-0.25, -0.2) is 0 Å². The number of nitrogens with one attached hydrogen (secondary N) is 1. The highest BCUT2D eigenvalue weighted by Crippen LogP contribution is 2.22. The molecule has 1 saturated carbocycles. The van der Waals surface area contributed by atoms with Crippen LogP contribution in [0.2, 0.25) is 0 Å². The molecule has 1 N–H and O–H groups in total. The minimum atomic E-state index is -0.00674. The molecule has 120 valence electrons. The highest BCUT2D eigenvalue weighted by Gasteiger charge is 2.32. The lowest BCUT2D eigenvalue weighted by Gasteiger charge is -2.35. The Morgan fingerprint density at radius 1 is 1.19 bits per heavy atom. The average molecular weight is 296 g/mol. The quantitative estimate of drug-likeness (QED) is 0.831. The molecule has 0 aromatic heterocycles. The van der Waals surface area contributed by atoms with E-state index in [1.807, 2.05) is 0 Å². The van der Waals surface area contributed by atoms with Crippen molar-refractivity contribution in [2.24, 2.45) is 0 Å². The molecule has 1 aliphatic carbocycles. The molecule has 5 nitrogen and oxygen atoms in total. The lowest BCUT2D eigenvalue weighted by atomic mass is 9.98. The van der Waals surface area contributed by atoms with Crippen molar-refractivity contribution >= 4 is 5.91 Å². The van der Waals surface area contributed by atoms with Crippen LogP contribution in [0.1, 0.15) is 44.9 Å². The summed E-state index contributed by atoms with van der Waals surface area (Å²) in [7, 11) is 0. The van der Waals surface area contributed by atoms with Gasteiger partial charge in [-0.3, -0.25) is 9.69 Å². The first-order valence-electron chi connectivity index (χ1n) is 8.55. The van der Waals surface area contributed by atoms with Gasteiger partial charge in [0.1, 0.15) is 6.61 Å². The zero-order chi connectivity index (χ0) is 14.5. The number of hydrogen-bond acceptors (Lipinski definition) is 4. The van der Waals surface area contributed by atoms with Crippen molar-refractivity contribution in [3.63, 3.8) is 0 Å². The van der Waals surface area contributed by atoms with Crippen molar-refractivity contribution in [2.75, 3.05) is 32.8 Å². The average Bonchev–Trinajstić information content (AvgIpc) is 2.99. The highest BCUT2D eigenvalue weighted by molar-refractivity contribution is 5.77. The Hall–Kier alpha value is -0.650. The van der Waals surface area contributed by atoms with Crippen LogP contribution >= 0.6 is 0 Å². The first-order chi connectivity index (χ1) is 10.3. The first kappa shape index (κ1) is 15.3. The van der Waals surface area contributed by atoms with Crippen LogP contribution in [0.5, 0.6) is 0 Å². The van der Waals surface area contributed by atoms with Crippen LogP contribution in [0.25, 0.3) is 0 Å². The molecule has 3 rings (SSSR count). The number of fused-ring (bicyclic) bond motifs is 1. The maximum absolute atomic E-state index is 11.9. The molecular weight excluding hydrogens is 268 g/mol.